The van der Waals surface area contributed by atoms with Gasteiger partial charge in [0, 0.05) is 18.0 Å². The third kappa shape index (κ3) is 3.12. The third-order valence-corrected chi connectivity index (χ3v) is 6.72. The number of aromatic nitrogens is 1. The smallest absolute Gasteiger partial charge is 0.280 e. The van der Waals surface area contributed by atoms with Gasteiger partial charge in [0.2, 0.25) is 0 Å². The number of nitrogens with zero attached hydrogens (tertiary/aromatic N) is 2. The van der Waals surface area contributed by atoms with Crippen LogP contribution in [0.15, 0.2) is 5.38 Å². The van der Waals surface area contributed by atoms with Crippen LogP contribution < -0.4 is 5.32 Å². The zero-order valence-corrected chi connectivity index (χ0v) is 13.8. The molecule has 2 aliphatic heterocycles. The van der Waals surface area contributed by atoms with Crippen molar-refractivity contribution in [1.82, 2.24) is 15.2 Å². The lowest BCUT2D eigenvalue weighted by Gasteiger charge is -2.46. The number of nitrogens with one attached hydrogen (secondary N) is 1. The van der Waals surface area contributed by atoms with E-state index in [1.165, 1.54) is 0 Å². The second-order valence-electron chi connectivity index (χ2n) is 5.83. The van der Waals surface area contributed by atoms with Crippen LogP contribution in [0.5, 0.6) is 0 Å². The maximum absolute atomic E-state index is 12.3. The van der Waals surface area contributed by atoms with E-state index in [1.807, 2.05) is 6.92 Å². The Morgan fingerprint density at radius 2 is 2.18 bits per heavy atom. The lowest BCUT2D eigenvalue weighted by molar-refractivity contribution is 0.0742. The fraction of sp³-hybridized carbons (Fsp3) is 0.615. The SMILES string of the molecule is CC1CCCN1C(=O)c1csc(C(=O)NC2CS(O)(O)C2)n1. The summed E-state index contributed by atoms with van der Waals surface area (Å²) in [5.41, 5.74) is 0.307. The van der Waals surface area contributed by atoms with E-state index in [9.17, 15) is 18.7 Å². The van der Waals surface area contributed by atoms with Gasteiger partial charge in [-0.2, -0.15) is 10.6 Å². The number of hydrogen-bond acceptors (Lipinski definition) is 6. The minimum Gasteiger partial charge on any atom is -0.344 e. The second-order valence-corrected chi connectivity index (χ2v) is 8.96. The molecule has 3 rings (SSSR count). The van der Waals surface area contributed by atoms with E-state index in [0.717, 1.165) is 30.7 Å². The van der Waals surface area contributed by atoms with Crippen LogP contribution in [-0.4, -0.2) is 60.9 Å². The van der Waals surface area contributed by atoms with Crippen LogP contribution in [0.3, 0.4) is 0 Å². The predicted octanol–water partition coefficient (Wildman–Crippen LogP) is 1.63. The van der Waals surface area contributed by atoms with Gasteiger partial charge in [0.1, 0.15) is 5.69 Å². The van der Waals surface area contributed by atoms with Crippen LogP contribution in [0.4, 0.5) is 0 Å². The normalized spacial score (nSPS) is 25.6. The molecule has 0 radical (unpaired) electrons. The number of hydrogen-bond donors (Lipinski definition) is 3. The molecule has 2 saturated heterocycles. The summed E-state index contributed by atoms with van der Waals surface area (Å²) in [5.74, 6) is -0.0981. The van der Waals surface area contributed by atoms with Crippen LogP contribution in [-0.2, 0) is 0 Å². The van der Waals surface area contributed by atoms with E-state index >= 15 is 0 Å². The molecular formula is C13H19N3O4S2. The number of thiazole rings is 1. The van der Waals surface area contributed by atoms with Crippen LogP contribution >= 0.6 is 21.9 Å². The third-order valence-electron chi connectivity index (χ3n) is 4.00. The van der Waals surface area contributed by atoms with Gasteiger partial charge in [-0.1, -0.05) is 0 Å². The molecule has 1 aromatic rings. The van der Waals surface area contributed by atoms with Gasteiger partial charge in [0.15, 0.2) is 5.01 Å². The van der Waals surface area contributed by atoms with Crippen LogP contribution in [0.25, 0.3) is 0 Å². The number of likely N-dealkylation sites (tertiary alicyclic amines) is 1. The molecule has 122 valence electrons. The van der Waals surface area contributed by atoms with Gasteiger partial charge in [-0.3, -0.25) is 18.7 Å². The molecule has 3 heterocycles. The Labute approximate surface area is 134 Å². The van der Waals surface area contributed by atoms with Crippen molar-refractivity contribution in [2.75, 3.05) is 18.1 Å². The summed E-state index contributed by atoms with van der Waals surface area (Å²) >= 11 is 1.13. The van der Waals surface area contributed by atoms with Crippen molar-refractivity contribution in [3.63, 3.8) is 0 Å². The van der Waals surface area contributed by atoms with Gasteiger partial charge in [-0.15, -0.1) is 11.3 Å². The topological polar surface area (TPSA) is 103 Å². The average molecular weight is 345 g/mol. The Balaban J connectivity index is 1.61. The van der Waals surface area contributed by atoms with Gasteiger partial charge in [-0.05, 0) is 19.8 Å². The van der Waals surface area contributed by atoms with Crippen LogP contribution in [0, 0.1) is 0 Å². The second kappa shape index (κ2) is 5.80. The molecule has 1 atom stereocenters. The summed E-state index contributed by atoms with van der Waals surface area (Å²) in [4.78, 5) is 30.3. The molecule has 3 N–H and O–H groups in total. The fourth-order valence-electron chi connectivity index (χ4n) is 2.78. The highest BCUT2D eigenvalue weighted by Gasteiger charge is 2.35. The van der Waals surface area contributed by atoms with Gasteiger partial charge in [0.05, 0.1) is 17.5 Å². The van der Waals surface area contributed by atoms with E-state index in [2.05, 4.69) is 10.3 Å². The molecule has 0 aromatic carbocycles. The van der Waals surface area contributed by atoms with E-state index in [4.69, 9.17) is 0 Å². The minimum atomic E-state index is -2.48. The van der Waals surface area contributed by atoms with Gasteiger partial charge < -0.3 is 10.2 Å². The summed E-state index contributed by atoms with van der Waals surface area (Å²) in [6.45, 7) is 2.75. The van der Waals surface area contributed by atoms with E-state index in [0.29, 0.717) is 5.69 Å². The molecule has 9 heteroatoms. The first-order valence-corrected chi connectivity index (χ1v) is 9.93. The Kier molecular flexibility index (Phi) is 4.15. The van der Waals surface area contributed by atoms with Crippen LogP contribution in [0.2, 0.25) is 0 Å². The molecule has 1 aromatic heterocycles. The van der Waals surface area contributed by atoms with E-state index < -0.39 is 10.6 Å². The molecule has 0 saturated carbocycles. The molecule has 7 nitrogen and oxygen atoms in total. The van der Waals surface area contributed by atoms with Crippen molar-refractivity contribution < 1.29 is 18.7 Å². The number of amides is 2. The Morgan fingerprint density at radius 1 is 1.45 bits per heavy atom. The van der Waals surface area contributed by atoms with Crippen molar-refractivity contribution in [3.05, 3.63) is 16.1 Å². The lowest BCUT2D eigenvalue weighted by Crippen LogP contribution is -2.50. The van der Waals surface area contributed by atoms with Crippen molar-refractivity contribution in [1.29, 1.82) is 0 Å². The molecule has 2 fully saturated rings. The van der Waals surface area contributed by atoms with Crippen molar-refractivity contribution in [2.24, 2.45) is 0 Å². The van der Waals surface area contributed by atoms with Gasteiger partial charge in [-0.25, -0.2) is 4.98 Å². The first-order chi connectivity index (χ1) is 10.4. The van der Waals surface area contributed by atoms with E-state index in [1.54, 1.807) is 10.3 Å². The van der Waals surface area contributed by atoms with Gasteiger partial charge >= 0.3 is 0 Å². The number of rotatable bonds is 3. The lowest BCUT2D eigenvalue weighted by atomic mass is 10.2. The Hall–Kier alpha value is -1.16. The van der Waals surface area contributed by atoms with Gasteiger partial charge in [0.25, 0.3) is 11.8 Å². The standard InChI is InChI=1S/C13H19N3O4S2/c1-8-3-2-4-16(8)13(18)10-5-21-12(15-10)11(17)14-9-6-22(19,20)7-9/h5,8-9,19-20H,2-4,6-7H2,1H3,(H,14,17). The Bertz CT molecular complexity index is 596. The summed E-state index contributed by atoms with van der Waals surface area (Å²) < 4.78 is 18.6. The summed E-state index contributed by atoms with van der Waals surface area (Å²) in [5, 5.41) is 4.55. The summed E-state index contributed by atoms with van der Waals surface area (Å²) in [6.07, 6.45) is 2.00. The largest absolute Gasteiger partial charge is 0.344 e. The van der Waals surface area contributed by atoms with Crippen molar-refractivity contribution in [2.45, 2.75) is 31.8 Å². The average Bonchev–Trinajstić information content (AvgIpc) is 3.04. The quantitative estimate of drug-likeness (QED) is 0.773. The Morgan fingerprint density at radius 3 is 2.77 bits per heavy atom. The minimum absolute atomic E-state index is 0.127. The summed E-state index contributed by atoms with van der Waals surface area (Å²) in [6, 6.07) is -0.00850. The molecular weight excluding hydrogens is 326 g/mol. The molecule has 0 aliphatic carbocycles. The molecule has 22 heavy (non-hydrogen) atoms. The van der Waals surface area contributed by atoms with Crippen LogP contribution in [0.1, 0.15) is 40.1 Å². The highest BCUT2D eigenvalue weighted by Crippen LogP contribution is 2.48. The van der Waals surface area contributed by atoms with Crippen molar-refractivity contribution in [3.8, 4) is 0 Å². The molecule has 0 spiro atoms. The highest BCUT2D eigenvalue weighted by atomic mass is 32.3. The molecule has 2 amide bonds. The molecule has 2 aliphatic rings. The molecule has 1 unspecified atom stereocenters. The number of carbonyl (C=O) groups excluding carboxylic acids is 2. The zero-order valence-electron chi connectivity index (χ0n) is 12.2. The fourth-order valence-corrected chi connectivity index (χ4v) is 4.84. The zero-order chi connectivity index (χ0) is 15.9. The summed E-state index contributed by atoms with van der Waals surface area (Å²) in [7, 11) is -2.48. The molecule has 0 bridgehead atoms. The highest BCUT2D eigenvalue weighted by molar-refractivity contribution is 8.25. The number of carbonyl (C=O) groups is 2. The van der Waals surface area contributed by atoms with E-state index in [-0.39, 0.29) is 40.4 Å². The first kappa shape index (κ1) is 15.7. The monoisotopic (exact) mass is 345 g/mol. The maximum atomic E-state index is 12.3. The maximum Gasteiger partial charge on any atom is 0.280 e. The first-order valence-electron chi connectivity index (χ1n) is 7.17. The van der Waals surface area contributed by atoms with Crippen molar-refractivity contribution >= 4 is 33.7 Å². The predicted molar refractivity (Wildman–Crippen MR) is 85.7 cm³/mol.